The third kappa shape index (κ3) is 9.77. The van der Waals surface area contributed by atoms with Crippen LogP contribution >= 0.6 is 24.0 Å². The van der Waals surface area contributed by atoms with E-state index in [-0.39, 0.29) is 29.6 Å². The summed E-state index contributed by atoms with van der Waals surface area (Å²) < 4.78 is 5.37. The summed E-state index contributed by atoms with van der Waals surface area (Å²) in [4.78, 5) is 6.55. The molecule has 0 aromatic rings. The number of likely N-dealkylation sites (N-methyl/N-ethyl adjacent to an activating group) is 1. The molecule has 0 aromatic carbocycles. The van der Waals surface area contributed by atoms with Crippen LogP contribution in [-0.2, 0) is 4.74 Å². The maximum Gasteiger partial charge on any atom is 0.191 e. The van der Waals surface area contributed by atoms with Gasteiger partial charge in [-0.1, -0.05) is 6.92 Å². The quantitative estimate of drug-likeness (QED) is 0.372. The Hall–Kier alpha value is -0.0800. The van der Waals surface area contributed by atoms with E-state index in [9.17, 15) is 0 Å². The first-order valence-electron chi connectivity index (χ1n) is 7.06. The van der Waals surface area contributed by atoms with Crippen LogP contribution < -0.4 is 10.6 Å². The highest BCUT2D eigenvalue weighted by molar-refractivity contribution is 14.0. The molecule has 0 bridgehead atoms. The van der Waals surface area contributed by atoms with Crippen molar-refractivity contribution in [2.75, 3.05) is 40.8 Å². The maximum absolute atomic E-state index is 5.37. The molecule has 0 radical (unpaired) electrons. The van der Waals surface area contributed by atoms with Gasteiger partial charge in [-0.15, -0.1) is 24.0 Å². The maximum atomic E-state index is 5.37. The number of rotatable bonds is 8. The van der Waals surface area contributed by atoms with E-state index < -0.39 is 0 Å². The van der Waals surface area contributed by atoms with Gasteiger partial charge in [-0.05, 0) is 34.2 Å². The normalized spacial score (nSPS) is 13.9. The number of methoxy groups -OCH3 is 1. The molecule has 0 aliphatic rings. The average Bonchev–Trinajstić information content (AvgIpc) is 2.41. The number of nitrogens with zero attached hydrogens (tertiary/aromatic N) is 2. The molecule has 0 aliphatic carbocycles. The predicted octanol–water partition coefficient (Wildman–Crippen LogP) is 1.92. The standard InChI is InChI=1S/C14H32N4O.HI/c1-8-12(2)18(6)10-9-16-13(15-5)17-11-14(3,4)19-7;/h12H,8-11H2,1-7H3,(H2,15,16,17);1H. The molecular formula is C14H33IN4O. The molecule has 0 amide bonds. The molecule has 0 spiro atoms. The van der Waals surface area contributed by atoms with Crippen molar-refractivity contribution in [3.63, 3.8) is 0 Å². The second kappa shape index (κ2) is 11.6. The molecule has 122 valence electrons. The van der Waals surface area contributed by atoms with Crippen molar-refractivity contribution < 1.29 is 4.74 Å². The first kappa shape index (κ1) is 22.2. The van der Waals surface area contributed by atoms with Gasteiger partial charge in [-0.3, -0.25) is 4.99 Å². The van der Waals surface area contributed by atoms with E-state index >= 15 is 0 Å². The number of ether oxygens (including phenoxy) is 1. The molecule has 20 heavy (non-hydrogen) atoms. The highest BCUT2D eigenvalue weighted by Crippen LogP contribution is 2.04. The molecule has 0 aromatic heterocycles. The summed E-state index contributed by atoms with van der Waals surface area (Å²) in [5.74, 6) is 0.822. The number of guanidine groups is 1. The zero-order valence-corrected chi connectivity index (χ0v) is 16.4. The average molecular weight is 400 g/mol. The Bertz CT molecular complexity index is 272. The molecule has 0 fully saturated rings. The van der Waals surface area contributed by atoms with E-state index in [1.165, 1.54) is 6.42 Å². The monoisotopic (exact) mass is 400 g/mol. The second-order valence-electron chi connectivity index (χ2n) is 5.55. The van der Waals surface area contributed by atoms with E-state index in [1.54, 1.807) is 14.2 Å². The lowest BCUT2D eigenvalue weighted by Crippen LogP contribution is -2.47. The fourth-order valence-electron chi connectivity index (χ4n) is 1.47. The third-order valence-electron chi connectivity index (χ3n) is 3.56. The van der Waals surface area contributed by atoms with E-state index in [0.717, 1.165) is 25.6 Å². The minimum Gasteiger partial charge on any atom is -0.377 e. The van der Waals surface area contributed by atoms with Gasteiger partial charge >= 0.3 is 0 Å². The smallest absolute Gasteiger partial charge is 0.191 e. The minimum absolute atomic E-state index is 0. The van der Waals surface area contributed by atoms with Crippen LogP contribution in [0.3, 0.4) is 0 Å². The molecule has 6 heteroatoms. The van der Waals surface area contributed by atoms with Gasteiger partial charge in [-0.25, -0.2) is 0 Å². The van der Waals surface area contributed by atoms with Gasteiger partial charge in [0.2, 0.25) is 0 Å². The first-order valence-corrected chi connectivity index (χ1v) is 7.06. The number of aliphatic imine (C=N–C) groups is 1. The van der Waals surface area contributed by atoms with Crippen molar-refractivity contribution >= 4 is 29.9 Å². The van der Waals surface area contributed by atoms with Crippen LogP contribution in [0.15, 0.2) is 4.99 Å². The fourth-order valence-corrected chi connectivity index (χ4v) is 1.47. The van der Waals surface area contributed by atoms with Crippen molar-refractivity contribution in [2.24, 2.45) is 4.99 Å². The molecule has 1 unspecified atom stereocenters. The fraction of sp³-hybridized carbons (Fsp3) is 0.929. The zero-order valence-electron chi connectivity index (χ0n) is 14.1. The lowest BCUT2D eigenvalue weighted by Gasteiger charge is -2.26. The van der Waals surface area contributed by atoms with Gasteiger partial charge in [0.1, 0.15) is 0 Å². The Balaban J connectivity index is 0. The Kier molecular flexibility index (Phi) is 12.8. The second-order valence-corrected chi connectivity index (χ2v) is 5.55. The molecular weight excluding hydrogens is 367 g/mol. The zero-order chi connectivity index (χ0) is 14.9. The van der Waals surface area contributed by atoms with Gasteiger partial charge in [0.05, 0.1) is 5.60 Å². The van der Waals surface area contributed by atoms with Crippen molar-refractivity contribution in [1.82, 2.24) is 15.5 Å². The molecule has 0 heterocycles. The van der Waals surface area contributed by atoms with Crippen LogP contribution in [-0.4, -0.2) is 63.3 Å². The molecule has 0 saturated heterocycles. The SMILES string of the molecule is CCC(C)N(C)CCNC(=NC)NCC(C)(C)OC.I. The summed E-state index contributed by atoms with van der Waals surface area (Å²) in [5, 5.41) is 6.59. The van der Waals surface area contributed by atoms with Crippen molar-refractivity contribution in [3.05, 3.63) is 0 Å². The van der Waals surface area contributed by atoms with Gasteiger partial charge in [-0.2, -0.15) is 0 Å². The summed E-state index contributed by atoms with van der Waals surface area (Å²) >= 11 is 0. The van der Waals surface area contributed by atoms with Gasteiger partial charge in [0.25, 0.3) is 0 Å². The molecule has 1 atom stereocenters. The van der Waals surface area contributed by atoms with Crippen molar-refractivity contribution in [1.29, 1.82) is 0 Å². The van der Waals surface area contributed by atoms with Crippen LogP contribution in [0.25, 0.3) is 0 Å². The van der Waals surface area contributed by atoms with Gasteiger partial charge in [0, 0.05) is 39.8 Å². The number of nitrogens with one attached hydrogen (secondary N) is 2. The first-order chi connectivity index (χ1) is 8.86. The summed E-state index contributed by atoms with van der Waals surface area (Å²) in [6.07, 6.45) is 1.17. The lowest BCUT2D eigenvalue weighted by molar-refractivity contribution is 0.0268. The van der Waals surface area contributed by atoms with E-state index in [0.29, 0.717) is 6.04 Å². The Morgan fingerprint density at radius 1 is 1.35 bits per heavy atom. The molecule has 5 nitrogen and oxygen atoms in total. The summed E-state index contributed by atoms with van der Waals surface area (Å²) in [7, 11) is 5.66. The summed E-state index contributed by atoms with van der Waals surface area (Å²) in [5.41, 5.74) is -0.189. The van der Waals surface area contributed by atoms with Crippen LogP contribution in [0.4, 0.5) is 0 Å². The predicted molar refractivity (Wildman–Crippen MR) is 98.3 cm³/mol. The molecule has 0 rings (SSSR count). The number of hydrogen-bond donors (Lipinski definition) is 2. The van der Waals surface area contributed by atoms with Gasteiger partial charge < -0.3 is 20.3 Å². The highest BCUT2D eigenvalue weighted by atomic mass is 127. The molecule has 0 aliphatic heterocycles. The van der Waals surface area contributed by atoms with Crippen LogP contribution in [0.1, 0.15) is 34.1 Å². The van der Waals surface area contributed by atoms with E-state index in [2.05, 4.69) is 41.4 Å². The van der Waals surface area contributed by atoms with Crippen molar-refractivity contribution in [3.8, 4) is 0 Å². The minimum atomic E-state index is -0.189. The van der Waals surface area contributed by atoms with Crippen molar-refractivity contribution in [2.45, 2.75) is 45.8 Å². The molecule has 2 N–H and O–H groups in total. The number of halogens is 1. The van der Waals surface area contributed by atoms with E-state index in [4.69, 9.17) is 4.74 Å². The largest absolute Gasteiger partial charge is 0.377 e. The Morgan fingerprint density at radius 2 is 1.95 bits per heavy atom. The summed E-state index contributed by atoms with van der Waals surface area (Å²) in [6, 6.07) is 0.615. The lowest BCUT2D eigenvalue weighted by atomic mass is 10.1. The van der Waals surface area contributed by atoms with E-state index in [1.807, 2.05) is 13.8 Å². The van der Waals surface area contributed by atoms with Crippen LogP contribution in [0.2, 0.25) is 0 Å². The Morgan fingerprint density at radius 3 is 2.40 bits per heavy atom. The van der Waals surface area contributed by atoms with Crippen LogP contribution in [0, 0.1) is 0 Å². The van der Waals surface area contributed by atoms with Gasteiger partial charge in [0.15, 0.2) is 5.96 Å². The van der Waals surface area contributed by atoms with Crippen LogP contribution in [0.5, 0.6) is 0 Å². The topological polar surface area (TPSA) is 48.9 Å². The summed E-state index contributed by atoms with van der Waals surface area (Å²) in [6.45, 7) is 11.2. The number of hydrogen-bond acceptors (Lipinski definition) is 3. The molecule has 0 saturated carbocycles. The Labute approximate surface area is 141 Å². The highest BCUT2D eigenvalue weighted by Gasteiger charge is 2.16. The third-order valence-corrected chi connectivity index (χ3v) is 3.56.